The van der Waals surface area contributed by atoms with E-state index >= 15 is 0 Å². The van der Waals surface area contributed by atoms with Crippen molar-refractivity contribution in [3.8, 4) is 0 Å². The van der Waals surface area contributed by atoms with E-state index in [1.165, 1.54) is 6.42 Å². The summed E-state index contributed by atoms with van der Waals surface area (Å²) in [6.45, 7) is 4.49. The highest BCUT2D eigenvalue weighted by atomic mass is 15.1. The molecule has 0 amide bonds. The van der Waals surface area contributed by atoms with E-state index in [0.717, 1.165) is 5.82 Å². The van der Waals surface area contributed by atoms with Gasteiger partial charge in [-0.05, 0) is 24.0 Å². The van der Waals surface area contributed by atoms with Crippen molar-refractivity contribution in [3.63, 3.8) is 0 Å². The average Bonchev–Trinajstić information content (AvgIpc) is 2.58. The van der Waals surface area contributed by atoms with Crippen LogP contribution in [0.25, 0.3) is 0 Å². The van der Waals surface area contributed by atoms with E-state index in [1.807, 2.05) is 12.1 Å². The third kappa shape index (κ3) is 1.74. The molecule has 1 heterocycles. The third-order valence-electron chi connectivity index (χ3n) is 2.61. The lowest BCUT2D eigenvalue weighted by Gasteiger charge is -2.07. The zero-order valence-corrected chi connectivity index (χ0v) is 8.04. The molecule has 13 heavy (non-hydrogen) atoms. The quantitative estimate of drug-likeness (QED) is 0.725. The molecule has 1 aliphatic carbocycles. The van der Waals surface area contributed by atoms with Crippen molar-refractivity contribution in [2.75, 3.05) is 11.1 Å². The minimum absolute atomic E-state index is 0.423. The van der Waals surface area contributed by atoms with Gasteiger partial charge in [-0.15, -0.1) is 0 Å². The fourth-order valence-electron chi connectivity index (χ4n) is 1.42. The number of rotatable bonds is 2. The summed E-state index contributed by atoms with van der Waals surface area (Å²) in [4.78, 5) is 4.19. The Bertz CT molecular complexity index is 320. The molecule has 70 valence electrons. The Hall–Kier alpha value is -1.25. The Kier molecular flexibility index (Phi) is 1.68. The van der Waals surface area contributed by atoms with Crippen molar-refractivity contribution in [1.82, 2.24) is 4.98 Å². The van der Waals surface area contributed by atoms with Crippen LogP contribution in [0.4, 0.5) is 11.6 Å². The van der Waals surface area contributed by atoms with Crippen LogP contribution in [0.2, 0.25) is 0 Å². The number of hydrogen-bond donors (Lipinski definition) is 2. The Morgan fingerprint density at radius 2 is 2.23 bits per heavy atom. The zero-order chi connectivity index (χ0) is 9.47. The molecule has 3 N–H and O–H groups in total. The molecule has 1 fully saturated rings. The van der Waals surface area contributed by atoms with Crippen LogP contribution in [-0.2, 0) is 0 Å². The van der Waals surface area contributed by atoms with Crippen LogP contribution in [0.5, 0.6) is 0 Å². The summed E-state index contributed by atoms with van der Waals surface area (Å²) >= 11 is 0. The summed E-state index contributed by atoms with van der Waals surface area (Å²) in [5.74, 6) is 1.46. The van der Waals surface area contributed by atoms with E-state index in [9.17, 15) is 0 Å². The Balaban J connectivity index is 2.03. The monoisotopic (exact) mass is 177 g/mol. The van der Waals surface area contributed by atoms with Crippen LogP contribution in [0.1, 0.15) is 20.3 Å². The highest BCUT2D eigenvalue weighted by molar-refractivity contribution is 5.44. The molecule has 1 atom stereocenters. The van der Waals surface area contributed by atoms with Crippen molar-refractivity contribution in [2.24, 2.45) is 5.41 Å². The maximum absolute atomic E-state index is 5.57. The van der Waals surface area contributed by atoms with Crippen molar-refractivity contribution in [3.05, 3.63) is 18.2 Å². The molecule has 2 rings (SSSR count). The first-order valence-electron chi connectivity index (χ1n) is 4.57. The summed E-state index contributed by atoms with van der Waals surface area (Å²) < 4.78 is 0. The van der Waals surface area contributed by atoms with Gasteiger partial charge in [0.05, 0.1) is 0 Å². The number of nitrogens with one attached hydrogen (secondary N) is 1. The topological polar surface area (TPSA) is 50.9 Å². The maximum Gasteiger partial charge on any atom is 0.128 e. The average molecular weight is 177 g/mol. The van der Waals surface area contributed by atoms with Crippen LogP contribution in [0, 0.1) is 5.41 Å². The predicted octanol–water partition coefficient (Wildman–Crippen LogP) is 1.87. The normalized spacial score (nSPS) is 24.0. The number of nitrogens with zero attached hydrogens (tertiary/aromatic N) is 1. The number of anilines is 2. The van der Waals surface area contributed by atoms with Crippen LogP contribution in [0.3, 0.4) is 0 Å². The molecular weight excluding hydrogens is 162 g/mol. The number of aromatic nitrogens is 1. The standard InChI is InChI=1S/C10H15N3/c1-10(2)6-7(10)12-9-5-3-4-8(11)13-9/h3-5,7H,6H2,1-2H3,(H3,11,12,13). The van der Waals surface area contributed by atoms with Gasteiger partial charge in [-0.3, -0.25) is 0 Å². The molecule has 1 unspecified atom stereocenters. The molecule has 1 aliphatic rings. The second-order valence-electron chi connectivity index (χ2n) is 4.34. The molecule has 3 nitrogen and oxygen atoms in total. The molecule has 1 aromatic heterocycles. The van der Waals surface area contributed by atoms with Crippen LogP contribution in [0.15, 0.2) is 18.2 Å². The van der Waals surface area contributed by atoms with Gasteiger partial charge in [0.2, 0.25) is 0 Å². The van der Waals surface area contributed by atoms with Gasteiger partial charge in [0.1, 0.15) is 11.6 Å². The van der Waals surface area contributed by atoms with Gasteiger partial charge < -0.3 is 11.1 Å². The summed E-state index contributed by atoms with van der Waals surface area (Å²) in [5.41, 5.74) is 5.99. The van der Waals surface area contributed by atoms with Gasteiger partial charge in [-0.1, -0.05) is 19.9 Å². The van der Waals surface area contributed by atoms with Gasteiger partial charge in [0, 0.05) is 6.04 Å². The summed E-state index contributed by atoms with van der Waals surface area (Å²) in [5, 5.41) is 3.36. The van der Waals surface area contributed by atoms with Gasteiger partial charge in [-0.25, -0.2) is 4.98 Å². The summed E-state index contributed by atoms with van der Waals surface area (Å²) in [6, 6.07) is 6.22. The number of pyridine rings is 1. The van der Waals surface area contributed by atoms with E-state index in [-0.39, 0.29) is 0 Å². The molecule has 0 spiro atoms. The maximum atomic E-state index is 5.57. The molecule has 1 aromatic rings. The molecule has 0 aliphatic heterocycles. The Morgan fingerprint density at radius 1 is 1.54 bits per heavy atom. The van der Waals surface area contributed by atoms with Crippen LogP contribution in [-0.4, -0.2) is 11.0 Å². The molecule has 3 heteroatoms. The van der Waals surface area contributed by atoms with E-state index in [4.69, 9.17) is 5.73 Å². The molecular formula is C10H15N3. The first kappa shape index (κ1) is 8.35. The number of hydrogen-bond acceptors (Lipinski definition) is 3. The van der Waals surface area contributed by atoms with Gasteiger partial charge in [0.25, 0.3) is 0 Å². The minimum Gasteiger partial charge on any atom is -0.384 e. The SMILES string of the molecule is CC1(C)CC1Nc1cccc(N)n1. The molecule has 0 saturated heterocycles. The molecule has 0 aromatic carbocycles. The Morgan fingerprint density at radius 3 is 2.77 bits per heavy atom. The van der Waals surface area contributed by atoms with E-state index in [1.54, 1.807) is 6.07 Å². The van der Waals surface area contributed by atoms with Crippen molar-refractivity contribution < 1.29 is 0 Å². The lowest BCUT2D eigenvalue weighted by molar-refractivity contribution is 0.630. The van der Waals surface area contributed by atoms with Gasteiger partial charge >= 0.3 is 0 Å². The fraction of sp³-hybridized carbons (Fsp3) is 0.500. The summed E-state index contributed by atoms with van der Waals surface area (Å²) in [7, 11) is 0. The number of nitrogens with two attached hydrogens (primary N) is 1. The summed E-state index contributed by atoms with van der Waals surface area (Å²) in [6.07, 6.45) is 1.21. The second-order valence-corrected chi connectivity index (χ2v) is 4.34. The second kappa shape index (κ2) is 2.62. The molecule has 0 radical (unpaired) electrons. The van der Waals surface area contributed by atoms with Gasteiger partial charge in [-0.2, -0.15) is 0 Å². The zero-order valence-electron chi connectivity index (χ0n) is 8.04. The molecule has 0 bridgehead atoms. The molecule has 1 saturated carbocycles. The largest absolute Gasteiger partial charge is 0.384 e. The van der Waals surface area contributed by atoms with Crippen molar-refractivity contribution >= 4 is 11.6 Å². The predicted molar refractivity (Wildman–Crippen MR) is 54.5 cm³/mol. The van der Waals surface area contributed by atoms with Crippen molar-refractivity contribution in [1.29, 1.82) is 0 Å². The fourth-order valence-corrected chi connectivity index (χ4v) is 1.42. The highest BCUT2D eigenvalue weighted by Gasteiger charge is 2.45. The lowest BCUT2D eigenvalue weighted by atomic mass is 10.2. The smallest absolute Gasteiger partial charge is 0.128 e. The van der Waals surface area contributed by atoms with E-state index in [2.05, 4.69) is 24.1 Å². The lowest BCUT2D eigenvalue weighted by Crippen LogP contribution is -2.09. The first-order valence-corrected chi connectivity index (χ1v) is 4.57. The van der Waals surface area contributed by atoms with Crippen molar-refractivity contribution in [2.45, 2.75) is 26.3 Å². The minimum atomic E-state index is 0.423. The van der Waals surface area contributed by atoms with E-state index in [0.29, 0.717) is 17.3 Å². The highest BCUT2D eigenvalue weighted by Crippen LogP contribution is 2.46. The van der Waals surface area contributed by atoms with Crippen LogP contribution >= 0.6 is 0 Å². The Labute approximate surface area is 78.4 Å². The third-order valence-corrected chi connectivity index (χ3v) is 2.61. The van der Waals surface area contributed by atoms with Gasteiger partial charge in [0.15, 0.2) is 0 Å². The van der Waals surface area contributed by atoms with Crippen LogP contribution < -0.4 is 11.1 Å². The number of nitrogen functional groups attached to an aromatic ring is 1. The van der Waals surface area contributed by atoms with E-state index < -0.39 is 0 Å². The first-order chi connectivity index (χ1) is 6.08.